The molecule has 0 bridgehead atoms. The van der Waals surface area contributed by atoms with Crippen LogP contribution in [0.1, 0.15) is 83.0 Å². The van der Waals surface area contributed by atoms with Crippen LogP contribution in [0.3, 0.4) is 0 Å². The number of hydrogen-bond acceptors (Lipinski definition) is 6. The van der Waals surface area contributed by atoms with E-state index >= 15 is 0 Å². The van der Waals surface area contributed by atoms with Crippen LogP contribution in [0.2, 0.25) is 0 Å². The second-order valence-electron chi connectivity index (χ2n) is 12.2. The van der Waals surface area contributed by atoms with Gasteiger partial charge in [0.2, 0.25) is 0 Å². The number of aromatic nitrogens is 6. The number of aromatic amines is 2. The number of carbonyl (C=O) groups excluding carboxylic acids is 2. The Hall–Kier alpha value is -4.82. The molecule has 6 heterocycles. The Kier molecular flexibility index (Phi) is 7.48. The molecule has 2 atom stereocenters. The number of carbonyl (C=O) groups is 2. The molecule has 12 nitrogen and oxygen atoms in total. The van der Waals surface area contributed by atoms with E-state index in [1.54, 1.807) is 9.03 Å². The molecule has 6 N–H and O–H groups in total. The zero-order chi connectivity index (χ0) is 32.3. The molecule has 46 heavy (non-hydrogen) atoms. The van der Waals surface area contributed by atoms with Crippen molar-refractivity contribution < 1.29 is 18.4 Å². The summed E-state index contributed by atoms with van der Waals surface area (Å²) < 4.78 is 30.8. The summed E-state index contributed by atoms with van der Waals surface area (Å²) in [6, 6.07) is 5.64. The second kappa shape index (κ2) is 11.5. The highest BCUT2D eigenvalue weighted by Crippen LogP contribution is 2.36. The van der Waals surface area contributed by atoms with Crippen LogP contribution < -0.4 is 11.5 Å². The van der Waals surface area contributed by atoms with E-state index in [1.165, 1.54) is 12.1 Å². The number of halogens is 2. The fraction of sp³-hybridized carbons (Fsp3) is 0.375. The van der Waals surface area contributed by atoms with Crippen LogP contribution in [0.5, 0.6) is 0 Å². The van der Waals surface area contributed by atoms with Crippen LogP contribution in [0, 0.1) is 11.6 Å². The molecule has 2 amide bonds. The number of fused-ring (bicyclic) bond motifs is 6. The molecule has 2 fully saturated rings. The van der Waals surface area contributed by atoms with Gasteiger partial charge in [-0.15, -0.1) is 0 Å². The smallest absolute Gasteiger partial charge is 0.251 e. The van der Waals surface area contributed by atoms with Crippen molar-refractivity contribution in [1.82, 2.24) is 39.0 Å². The van der Waals surface area contributed by atoms with Gasteiger partial charge in [0.25, 0.3) is 11.8 Å². The van der Waals surface area contributed by atoms with Gasteiger partial charge in [0, 0.05) is 23.2 Å². The third-order valence-corrected chi connectivity index (χ3v) is 9.32. The van der Waals surface area contributed by atoms with Gasteiger partial charge < -0.3 is 21.4 Å². The highest BCUT2D eigenvalue weighted by Gasteiger charge is 2.30. The Morgan fingerprint density at radius 2 is 1.33 bits per heavy atom. The Balaban J connectivity index is 0.000000147. The van der Waals surface area contributed by atoms with E-state index in [4.69, 9.17) is 11.5 Å². The number of imidazole rings is 2. The number of rotatable bonds is 6. The number of H-pyrrole nitrogens is 2. The molecular weight excluding hydrogens is 594 g/mol. The van der Waals surface area contributed by atoms with E-state index in [1.807, 2.05) is 12.4 Å². The van der Waals surface area contributed by atoms with Crippen LogP contribution in [0.25, 0.3) is 33.4 Å². The van der Waals surface area contributed by atoms with Crippen LogP contribution >= 0.6 is 0 Å². The van der Waals surface area contributed by atoms with E-state index in [2.05, 4.69) is 43.9 Å². The first-order valence-electron chi connectivity index (χ1n) is 15.6. The van der Waals surface area contributed by atoms with Crippen molar-refractivity contribution in [2.45, 2.75) is 51.1 Å². The zero-order valence-corrected chi connectivity index (χ0v) is 25.7. The van der Waals surface area contributed by atoms with Gasteiger partial charge >= 0.3 is 0 Å². The molecule has 0 aliphatic carbocycles. The number of likely N-dealkylation sites (tertiary alicyclic amines) is 2. The quantitative estimate of drug-likeness (QED) is 0.213. The van der Waals surface area contributed by atoms with Crippen molar-refractivity contribution in [2.24, 2.45) is 11.5 Å². The fourth-order valence-corrected chi connectivity index (χ4v) is 7.31. The highest BCUT2D eigenvalue weighted by molar-refractivity contribution is 6.06. The number of nitrogens with one attached hydrogen (secondary N) is 2. The Labute approximate surface area is 262 Å². The normalized spacial score (nSPS) is 19.1. The van der Waals surface area contributed by atoms with E-state index in [0.29, 0.717) is 28.1 Å². The molecular formula is C32H36F2N10O2. The van der Waals surface area contributed by atoms with Crippen molar-refractivity contribution in [2.75, 3.05) is 26.7 Å². The van der Waals surface area contributed by atoms with Gasteiger partial charge in [-0.05, 0) is 83.1 Å². The molecule has 8 rings (SSSR count). The van der Waals surface area contributed by atoms with E-state index in [-0.39, 0.29) is 17.2 Å². The summed E-state index contributed by atoms with van der Waals surface area (Å²) in [6.07, 6.45) is 9.19. The molecule has 2 unspecified atom stereocenters. The minimum absolute atomic E-state index is 0.135. The Morgan fingerprint density at radius 3 is 1.80 bits per heavy atom. The number of nitrogens with zero attached hydrogens (tertiary/aromatic N) is 6. The number of primary amides is 2. The number of benzene rings is 2. The molecule has 14 heteroatoms. The van der Waals surface area contributed by atoms with Gasteiger partial charge in [-0.1, -0.05) is 6.92 Å². The van der Waals surface area contributed by atoms with Gasteiger partial charge in [-0.25, -0.2) is 17.8 Å². The maximum atomic E-state index is 13.8. The molecule has 0 radical (unpaired) electrons. The average molecular weight is 631 g/mol. The van der Waals surface area contributed by atoms with Crippen LogP contribution in [-0.4, -0.2) is 77.5 Å². The number of amides is 2. The van der Waals surface area contributed by atoms with E-state index in [9.17, 15) is 18.4 Å². The minimum Gasteiger partial charge on any atom is -0.366 e. The van der Waals surface area contributed by atoms with E-state index < -0.39 is 23.4 Å². The number of nitrogens with two attached hydrogens (primary N) is 2. The van der Waals surface area contributed by atoms with Crippen LogP contribution in [-0.2, 0) is 0 Å². The van der Waals surface area contributed by atoms with Gasteiger partial charge in [0.1, 0.15) is 34.0 Å². The summed E-state index contributed by atoms with van der Waals surface area (Å²) in [5.41, 5.74) is 17.0. The number of hydrogen-bond donors (Lipinski definition) is 4. The lowest BCUT2D eigenvalue weighted by atomic mass is 10.1. The zero-order valence-electron chi connectivity index (χ0n) is 25.7. The molecule has 0 spiro atoms. The molecule has 2 aliphatic rings. The third-order valence-electron chi connectivity index (χ3n) is 9.32. The molecule has 4 aromatic heterocycles. The molecule has 240 valence electrons. The van der Waals surface area contributed by atoms with Gasteiger partial charge in [0.05, 0.1) is 34.6 Å². The van der Waals surface area contributed by atoms with Crippen molar-refractivity contribution in [3.8, 4) is 0 Å². The lowest BCUT2D eigenvalue weighted by Gasteiger charge is -2.22. The first-order chi connectivity index (χ1) is 22.2. The maximum absolute atomic E-state index is 13.8. The predicted octanol–water partition coefficient (Wildman–Crippen LogP) is 4.42. The standard InChI is InChI=1S/C17H20FN5O.C15H16FN5O/c1-2-5-22-6-3-4-14(22)12-9-20-23-15-11(16(19)24)7-10(18)8-13(15)21-17(12)23;1-20-4-2-3-12(20)10-7-18-21-13-9(14(17)22)5-8(16)6-11(13)19-15(10)21/h7-9,14,21H,2-6H2,1H3,(H2,19,24);5-7,12,19H,2-4H2,1H3,(H2,17,22). The Morgan fingerprint density at radius 1 is 0.826 bits per heavy atom. The van der Waals surface area contributed by atoms with Gasteiger partial charge in [-0.2, -0.15) is 10.2 Å². The summed E-state index contributed by atoms with van der Waals surface area (Å²) in [4.78, 5) is 34.5. The molecule has 2 aliphatic heterocycles. The summed E-state index contributed by atoms with van der Waals surface area (Å²) in [6.45, 7) is 5.35. The van der Waals surface area contributed by atoms with Gasteiger partial charge in [-0.3, -0.25) is 19.4 Å². The van der Waals surface area contributed by atoms with Crippen molar-refractivity contribution in [1.29, 1.82) is 0 Å². The van der Waals surface area contributed by atoms with Crippen molar-refractivity contribution in [3.63, 3.8) is 0 Å². The highest BCUT2D eigenvalue weighted by atomic mass is 19.1. The lowest BCUT2D eigenvalue weighted by molar-refractivity contribution is 0.0992. The van der Waals surface area contributed by atoms with E-state index in [0.717, 1.165) is 86.3 Å². The van der Waals surface area contributed by atoms with Crippen molar-refractivity contribution in [3.05, 3.63) is 70.5 Å². The second-order valence-corrected chi connectivity index (χ2v) is 12.2. The Bertz CT molecular complexity index is 2130. The monoisotopic (exact) mass is 630 g/mol. The fourth-order valence-electron chi connectivity index (χ4n) is 7.31. The molecule has 2 aromatic carbocycles. The minimum atomic E-state index is -0.666. The molecule has 6 aromatic rings. The first-order valence-corrected chi connectivity index (χ1v) is 15.6. The summed E-state index contributed by atoms with van der Waals surface area (Å²) >= 11 is 0. The average Bonchev–Trinajstić information content (AvgIpc) is 3.84. The predicted molar refractivity (Wildman–Crippen MR) is 169 cm³/mol. The van der Waals surface area contributed by atoms with Gasteiger partial charge in [0.15, 0.2) is 0 Å². The molecule has 0 saturated carbocycles. The van der Waals surface area contributed by atoms with Crippen LogP contribution in [0.4, 0.5) is 8.78 Å². The lowest BCUT2D eigenvalue weighted by Crippen LogP contribution is -2.23. The maximum Gasteiger partial charge on any atom is 0.251 e. The topological polar surface area (TPSA) is 159 Å². The third kappa shape index (κ3) is 4.88. The van der Waals surface area contributed by atoms with Crippen molar-refractivity contribution >= 4 is 45.2 Å². The summed E-state index contributed by atoms with van der Waals surface area (Å²) in [5, 5.41) is 8.83. The first kappa shape index (κ1) is 29.9. The summed E-state index contributed by atoms with van der Waals surface area (Å²) in [5.74, 6) is -2.31. The SMILES string of the molecule is CCCN1CCCC1c1cnn2c1[nH]c1cc(F)cc(C(N)=O)c12.CN1CCCC1c1cnn2c1[nH]c1cc(F)cc(C(N)=O)c12. The largest absolute Gasteiger partial charge is 0.366 e. The van der Waals surface area contributed by atoms with Crippen LogP contribution in [0.15, 0.2) is 36.7 Å². The molecule has 2 saturated heterocycles. The summed E-state index contributed by atoms with van der Waals surface area (Å²) in [7, 11) is 2.08.